The first-order valence-electron chi connectivity index (χ1n) is 10.4. The number of aryl methyl sites for hydroxylation is 1. The fourth-order valence-corrected chi connectivity index (χ4v) is 3.61. The molecule has 152 valence electrons. The van der Waals surface area contributed by atoms with Crippen LogP contribution >= 0.6 is 0 Å². The lowest BCUT2D eigenvalue weighted by molar-refractivity contribution is 0.251. The van der Waals surface area contributed by atoms with Gasteiger partial charge >= 0.3 is 6.03 Å². The fourth-order valence-electron chi connectivity index (χ4n) is 3.61. The highest BCUT2D eigenvalue weighted by Gasteiger charge is 2.21. The van der Waals surface area contributed by atoms with Gasteiger partial charge in [0, 0.05) is 35.4 Å². The predicted octanol–water partition coefficient (Wildman–Crippen LogP) is 4.92. The Labute approximate surface area is 175 Å². The number of benzene rings is 2. The SMILES string of the molecule is Cc1ccc(Cn2cc(-c3ccc4[nH]cc(NC(=O)NCC5CC5)c4c3)cn2)cc1. The van der Waals surface area contributed by atoms with Crippen LogP contribution in [0.2, 0.25) is 0 Å². The van der Waals surface area contributed by atoms with E-state index in [2.05, 4.69) is 70.2 Å². The number of urea groups is 1. The van der Waals surface area contributed by atoms with Gasteiger partial charge in [-0.15, -0.1) is 0 Å². The summed E-state index contributed by atoms with van der Waals surface area (Å²) in [5.41, 5.74) is 6.37. The van der Waals surface area contributed by atoms with E-state index in [1.165, 1.54) is 24.0 Å². The average Bonchev–Trinajstić information content (AvgIpc) is 3.34. The monoisotopic (exact) mass is 399 g/mol. The van der Waals surface area contributed by atoms with Gasteiger partial charge in [0.15, 0.2) is 0 Å². The lowest BCUT2D eigenvalue weighted by atomic mass is 10.1. The molecular formula is C24H25N5O. The minimum absolute atomic E-state index is 0.154. The molecule has 6 heteroatoms. The van der Waals surface area contributed by atoms with Crippen LogP contribution in [-0.4, -0.2) is 27.3 Å². The first kappa shape index (κ1) is 18.5. The molecule has 30 heavy (non-hydrogen) atoms. The average molecular weight is 399 g/mol. The van der Waals surface area contributed by atoms with Gasteiger partial charge in [-0.05, 0) is 48.9 Å². The van der Waals surface area contributed by atoms with E-state index in [4.69, 9.17) is 0 Å². The van der Waals surface area contributed by atoms with Crippen LogP contribution in [0.3, 0.4) is 0 Å². The molecule has 5 rings (SSSR count). The number of nitrogens with zero attached hydrogens (tertiary/aromatic N) is 2. The quantitative estimate of drug-likeness (QED) is 0.430. The van der Waals surface area contributed by atoms with Crippen LogP contribution in [0.25, 0.3) is 22.0 Å². The molecular weight excluding hydrogens is 374 g/mol. The van der Waals surface area contributed by atoms with Crippen molar-refractivity contribution in [2.24, 2.45) is 5.92 Å². The van der Waals surface area contributed by atoms with E-state index in [-0.39, 0.29) is 6.03 Å². The molecule has 2 aromatic heterocycles. The Morgan fingerprint density at radius 1 is 1.17 bits per heavy atom. The largest absolute Gasteiger partial charge is 0.359 e. The van der Waals surface area contributed by atoms with E-state index < -0.39 is 0 Å². The van der Waals surface area contributed by atoms with Crippen LogP contribution < -0.4 is 10.6 Å². The number of nitrogens with one attached hydrogen (secondary N) is 3. The molecule has 0 bridgehead atoms. The molecule has 6 nitrogen and oxygen atoms in total. The van der Waals surface area contributed by atoms with E-state index in [0.29, 0.717) is 5.92 Å². The number of rotatable bonds is 6. The number of carbonyl (C=O) groups is 1. The van der Waals surface area contributed by atoms with E-state index >= 15 is 0 Å². The van der Waals surface area contributed by atoms with E-state index in [0.717, 1.165) is 40.8 Å². The first-order chi connectivity index (χ1) is 14.6. The summed E-state index contributed by atoms with van der Waals surface area (Å²) in [4.78, 5) is 15.4. The third-order valence-corrected chi connectivity index (χ3v) is 5.61. The number of amides is 2. The molecule has 1 aliphatic rings. The van der Waals surface area contributed by atoms with Crippen LogP contribution in [0.1, 0.15) is 24.0 Å². The molecule has 0 atom stereocenters. The highest BCUT2D eigenvalue weighted by molar-refractivity contribution is 6.02. The molecule has 0 spiro atoms. The normalized spacial score (nSPS) is 13.5. The molecule has 4 aromatic rings. The minimum Gasteiger partial charge on any atom is -0.359 e. The van der Waals surface area contributed by atoms with Crippen molar-refractivity contribution in [3.8, 4) is 11.1 Å². The Bertz CT molecular complexity index is 1180. The lowest BCUT2D eigenvalue weighted by Gasteiger charge is -2.06. The molecule has 0 radical (unpaired) electrons. The molecule has 0 aliphatic heterocycles. The van der Waals surface area contributed by atoms with Gasteiger partial charge in [0.2, 0.25) is 0 Å². The van der Waals surface area contributed by atoms with Crippen molar-refractivity contribution in [2.45, 2.75) is 26.3 Å². The second kappa shape index (κ2) is 7.71. The Morgan fingerprint density at radius 3 is 2.80 bits per heavy atom. The number of fused-ring (bicyclic) bond motifs is 1. The van der Waals surface area contributed by atoms with Crippen molar-refractivity contribution >= 4 is 22.6 Å². The Kier molecular flexibility index (Phi) is 4.75. The Morgan fingerprint density at radius 2 is 2.00 bits per heavy atom. The van der Waals surface area contributed by atoms with Gasteiger partial charge in [-0.1, -0.05) is 35.9 Å². The maximum Gasteiger partial charge on any atom is 0.319 e. The predicted molar refractivity (Wildman–Crippen MR) is 120 cm³/mol. The van der Waals surface area contributed by atoms with Gasteiger partial charge in [0.05, 0.1) is 18.4 Å². The Balaban J connectivity index is 1.33. The molecule has 1 aliphatic carbocycles. The number of H-pyrrole nitrogens is 1. The van der Waals surface area contributed by atoms with Crippen LogP contribution in [-0.2, 0) is 6.54 Å². The molecule has 2 aromatic carbocycles. The van der Waals surface area contributed by atoms with Crippen LogP contribution in [0.5, 0.6) is 0 Å². The number of aromatic amines is 1. The lowest BCUT2D eigenvalue weighted by Crippen LogP contribution is -2.30. The van der Waals surface area contributed by atoms with Gasteiger partial charge in [0.1, 0.15) is 0 Å². The summed E-state index contributed by atoms with van der Waals surface area (Å²) in [6.07, 6.45) is 8.22. The molecule has 1 saturated carbocycles. The van der Waals surface area contributed by atoms with Crippen molar-refractivity contribution in [1.29, 1.82) is 0 Å². The maximum atomic E-state index is 12.2. The van der Waals surface area contributed by atoms with Crippen molar-refractivity contribution in [1.82, 2.24) is 20.1 Å². The summed E-state index contributed by atoms with van der Waals surface area (Å²) in [5, 5.41) is 11.4. The van der Waals surface area contributed by atoms with Crippen LogP contribution in [0.4, 0.5) is 10.5 Å². The number of hydrogen-bond donors (Lipinski definition) is 3. The van der Waals surface area contributed by atoms with Gasteiger partial charge in [0.25, 0.3) is 0 Å². The van der Waals surface area contributed by atoms with Crippen molar-refractivity contribution in [3.63, 3.8) is 0 Å². The zero-order valence-electron chi connectivity index (χ0n) is 17.0. The van der Waals surface area contributed by atoms with Crippen molar-refractivity contribution in [3.05, 3.63) is 72.2 Å². The summed E-state index contributed by atoms with van der Waals surface area (Å²) >= 11 is 0. The fraction of sp³-hybridized carbons (Fsp3) is 0.250. The summed E-state index contributed by atoms with van der Waals surface area (Å²) in [6.45, 7) is 3.58. The minimum atomic E-state index is -0.154. The standard InChI is InChI=1S/C24H25N5O/c1-16-2-4-18(5-3-16)14-29-15-20(12-27-29)19-8-9-22-21(10-19)23(13-25-22)28-24(30)26-11-17-6-7-17/h2-5,8-10,12-13,15,17,25H,6-7,11,14H2,1H3,(H2,26,28,30). The second-order valence-electron chi connectivity index (χ2n) is 8.15. The molecule has 2 amide bonds. The summed E-state index contributed by atoms with van der Waals surface area (Å²) in [6, 6.07) is 14.6. The van der Waals surface area contributed by atoms with E-state index in [1.54, 1.807) is 0 Å². The summed E-state index contributed by atoms with van der Waals surface area (Å²) in [5.74, 6) is 0.654. The third-order valence-electron chi connectivity index (χ3n) is 5.61. The Hall–Kier alpha value is -3.54. The number of hydrogen-bond acceptors (Lipinski definition) is 2. The van der Waals surface area contributed by atoms with Crippen LogP contribution in [0, 0.1) is 12.8 Å². The van der Waals surface area contributed by atoms with Gasteiger partial charge in [-0.25, -0.2) is 4.79 Å². The third kappa shape index (κ3) is 4.08. The number of carbonyl (C=O) groups excluding carboxylic acids is 1. The number of anilines is 1. The smallest absolute Gasteiger partial charge is 0.319 e. The zero-order valence-corrected chi connectivity index (χ0v) is 17.0. The second-order valence-corrected chi connectivity index (χ2v) is 8.15. The number of aromatic nitrogens is 3. The molecule has 1 fully saturated rings. The topological polar surface area (TPSA) is 74.7 Å². The molecule has 0 saturated heterocycles. The molecule has 3 N–H and O–H groups in total. The first-order valence-corrected chi connectivity index (χ1v) is 10.4. The van der Waals surface area contributed by atoms with E-state index in [9.17, 15) is 4.79 Å². The van der Waals surface area contributed by atoms with Crippen LogP contribution in [0.15, 0.2) is 61.1 Å². The van der Waals surface area contributed by atoms with Crippen molar-refractivity contribution < 1.29 is 4.79 Å². The zero-order chi connectivity index (χ0) is 20.5. The van der Waals surface area contributed by atoms with Gasteiger partial charge in [-0.2, -0.15) is 5.10 Å². The molecule has 2 heterocycles. The highest BCUT2D eigenvalue weighted by Crippen LogP contribution is 2.30. The van der Waals surface area contributed by atoms with E-state index in [1.807, 2.05) is 23.1 Å². The summed E-state index contributed by atoms with van der Waals surface area (Å²) in [7, 11) is 0. The van der Waals surface area contributed by atoms with Crippen molar-refractivity contribution in [2.75, 3.05) is 11.9 Å². The summed E-state index contributed by atoms with van der Waals surface area (Å²) < 4.78 is 1.95. The maximum absolute atomic E-state index is 12.2. The van der Waals surface area contributed by atoms with Gasteiger partial charge < -0.3 is 15.6 Å². The highest BCUT2D eigenvalue weighted by atomic mass is 16.2. The van der Waals surface area contributed by atoms with Gasteiger partial charge in [-0.3, -0.25) is 4.68 Å². The molecule has 0 unspecified atom stereocenters.